The van der Waals surface area contributed by atoms with Gasteiger partial charge in [0.05, 0.1) is 0 Å². The standard InChI is InChI=1S/C11H15N/c1-10(2)4-3-5-11-6-8-12-9-7-11/h4,6-9H,3,5H2,1-2H3. The molecule has 0 aliphatic rings. The first kappa shape index (κ1) is 8.98. The molecule has 1 aromatic rings. The number of nitrogens with zero attached hydrogens (tertiary/aromatic N) is 1. The summed E-state index contributed by atoms with van der Waals surface area (Å²) in [6.07, 6.45) is 8.20. The molecule has 0 aliphatic heterocycles. The van der Waals surface area contributed by atoms with Crippen molar-refractivity contribution in [1.29, 1.82) is 0 Å². The van der Waals surface area contributed by atoms with E-state index < -0.39 is 0 Å². The molecular formula is C11H15N. The van der Waals surface area contributed by atoms with E-state index in [-0.39, 0.29) is 0 Å². The Labute approximate surface area is 74.2 Å². The van der Waals surface area contributed by atoms with Gasteiger partial charge in [-0.15, -0.1) is 0 Å². The number of pyridine rings is 1. The lowest BCUT2D eigenvalue weighted by molar-refractivity contribution is 0.982. The van der Waals surface area contributed by atoms with Crippen LogP contribution in [0.15, 0.2) is 36.2 Å². The Morgan fingerprint density at radius 1 is 1.33 bits per heavy atom. The van der Waals surface area contributed by atoms with Crippen molar-refractivity contribution in [2.45, 2.75) is 26.7 Å². The average molecular weight is 161 g/mol. The van der Waals surface area contributed by atoms with Crippen LogP contribution in [0.1, 0.15) is 25.8 Å². The number of rotatable bonds is 3. The highest BCUT2D eigenvalue weighted by Gasteiger charge is 1.88. The van der Waals surface area contributed by atoms with Gasteiger partial charge < -0.3 is 0 Å². The molecule has 1 rings (SSSR count). The van der Waals surface area contributed by atoms with Crippen molar-refractivity contribution < 1.29 is 0 Å². The van der Waals surface area contributed by atoms with Crippen LogP contribution in [-0.2, 0) is 6.42 Å². The predicted molar refractivity (Wildman–Crippen MR) is 52.0 cm³/mol. The van der Waals surface area contributed by atoms with Gasteiger partial charge in [0.1, 0.15) is 0 Å². The Morgan fingerprint density at radius 2 is 2.00 bits per heavy atom. The predicted octanol–water partition coefficient (Wildman–Crippen LogP) is 2.98. The Hall–Kier alpha value is -1.11. The molecule has 0 unspecified atom stereocenters. The Kier molecular flexibility index (Phi) is 3.52. The number of allylic oxidation sites excluding steroid dienone is 2. The summed E-state index contributed by atoms with van der Waals surface area (Å²) in [7, 11) is 0. The van der Waals surface area contributed by atoms with Crippen LogP contribution < -0.4 is 0 Å². The van der Waals surface area contributed by atoms with Crippen LogP contribution in [0, 0.1) is 0 Å². The maximum atomic E-state index is 3.97. The lowest BCUT2D eigenvalue weighted by Crippen LogP contribution is -1.83. The fourth-order valence-corrected chi connectivity index (χ4v) is 1.08. The first-order chi connectivity index (χ1) is 5.79. The van der Waals surface area contributed by atoms with Crippen LogP contribution in [-0.4, -0.2) is 4.98 Å². The van der Waals surface area contributed by atoms with Crippen LogP contribution in [0.5, 0.6) is 0 Å². The van der Waals surface area contributed by atoms with Gasteiger partial charge in [-0.2, -0.15) is 0 Å². The lowest BCUT2D eigenvalue weighted by atomic mass is 10.1. The lowest BCUT2D eigenvalue weighted by Gasteiger charge is -1.96. The van der Waals surface area contributed by atoms with Gasteiger partial charge in [-0.05, 0) is 44.4 Å². The van der Waals surface area contributed by atoms with Crippen LogP contribution in [0.2, 0.25) is 0 Å². The zero-order valence-electron chi connectivity index (χ0n) is 7.75. The Bertz CT molecular complexity index is 245. The highest BCUT2D eigenvalue weighted by atomic mass is 14.6. The summed E-state index contributed by atoms with van der Waals surface area (Å²) in [4.78, 5) is 3.97. The minimum Gasteiger partial charge on any atom is -0.265 e. The second-order valence-corrected chi connectivity index (χ2v) is 3.18. The number of hydrogen-bond donors (Lipinski definition) is 0. The molecule has 0 saturated carbocycles. The van der Waals surface area contributed by atoms with Crippen molar-refractivity contribution >= 4 is 0 Å². The number of aromatic nitrogens is 1. The molecule has 0 aromatic carbocycles. The van der Waals surface area contributed by atoms with Crippen molar-refractivity contribution in [3.05, 3.63) is 41.7 Å². The summed E-state index contributed by atoms with van der Waals surface area (Å²) in [5, 5.41) is 0. The zero-order valence-corrected chi connectivity index (χ0v) is 7.75. The maximum absolute atomic E-state index is 3.97. The molecule has 0 radical (unpaired) electrons. The summed E-state index contributed by atoms with van der Waals surface area (Å²) in [6, 6.07) is 4.14. The summed E-state index contributed by atoms with van der Waals surface area (Å²) in [6.45, 7) is 4.26. The summed E-state index contributed by atoms with van der Waals surface area (Å²) in [5.74, 6) is 0. The van der Waals surface area contributed by atoms with Gasteiger partial charge >= 0.3 is 0 Å². The third-order valence-corrected chi connectivity index (χ3v) is 1.73. The van der Waals surface area contributed by atoms with Crippen LogP contribution >= 0.6 is 0 Å². The van der Waals surface area contributed by atoms with E-state index >= 15 is 0 Å². The minimum atomic E-state index is 1.12. The van der Waals surface area contributed by atoms with E-state index in [0.29, 0.717) is 0 Å². The molecule has 1 heterocycles. The van der Waals surface area contributed by atoms with Gasteiger partial charge in [0.25, 0.3) is 0 Å². The SMILES string of the molecule is CC(C)=CCCc1ccncc1. The van der Waals surface area contributed by atoms with Crippen molar-refractivity contribution in [2.75, 3.05) is 0 Å². The molecule has 0 spiro atoms. The van der Waals surface area contributed by atoms with E-state index in [2.05, 4.69) is 37.0 Å². The normalized spacial score (nSPS) is 9.50. The van der Waals surface area contributed by atoms with Gasteiger partial charge in [-0.1, -0.05) is 11.6 Å². The van der Waals surface area contributed by atoms with Crippen molar-refractivity contribution in [2.24, 2.45) is 0 Å². The molecule has 0 bridgehead atoms. The van der Waals surface area contributed by atoms with E-state index in [1.54, 1.807) is 0 Å². The number of aryl methyl sites for hydroxylation is 1. The highest BCUT2D eigenvalue weighted by Crippen LogP contribution is 2.02. The van der Waals surface area contributed by atoms with Gasteiger partial charge in [-0.25, -0.2) is 0 Å². The van der Waals surface area contributed by atoms with E-state index in [1.165, 1.54) is 11.1 Å². The number of hydrogen-bond acceptors (Lipinski definition) is 1. The van der Waals surface area contributed by atoms with Gasteiger partial charge in [0.2, 0.25) is 0 Å². The molecule has 0 saturated heterocycles. The van der Waals surface area contributed by atoms with Crippen molar-refractivity contribution in [3.63, 3.8) is 0 Å². The molecule has 0 fully saturated rings. The molecule has 1 heteroatoms. The van der Waals surface area contributed by atoms with E-state index in [1.807, 2.05) is 12.4 Å². The molecule has 64 valence electrons. The van der Waals surface area contributed by atoms with Crippen LogP contribution in [0.3, 0.4) is 0 Å². The van der Waals surface area contributed by atoms with Crippen LogP contribution in [0.25, 0.3) is 0 Å². The van der Waals surface area contributed by atoms with Gasteiger partial charge in [-0.3, -0.25) is 4.98 Å². The Morgan fingerprint density at radius 3 is 2.58 bits per heavy atom. The second-order valence-electron chi connectivity index (χ2n) is 3.18. The topological polar surface area (TPSA) is 12.9 Å². The molecule has 1 aromatic heterocycles. The van der Waals surface area contributed by atoms with E-state index in [4.69, 9.17) is 0 Å². The van der Waals surface area contributed by atoms with Gasteiger partial charge in [0, 0.05) is 12.4 Å². The van der Waals surface area contributed by atoms with Crippen molar-refractivity contribution in [3.8, 4) is 0 Å². The minimum absolute atomic E-state index is 1.12. The largest absolute Gasteiger partial charge is 0.265 e. The van der Waals surface area contributed by atoms with E-state index in [0.717, 1.165) is 12.8 Å². The summed E-state index contributed by atoms with van der Waals surface area (Å²) in [5.41, 5.74) is 2.76. The molecule has 0 amide bonds. The summed E-state index contributed by atoms with van der Waals surface area (Å²) < 4.78 is 0. The molecule has 1 nitrogen and oxygen atoms in total. The highest BCUT2D eigenvalue weighted by molar-refractivity contribution is 5.10. The first-order valence-corrected chi connectivity index (χ1v) is 4.31. The van der Waals surface area contributed by atoms with Crippen molar-refractivity contribution in [1.82, 2.24) is 4.98 Å². The fraction of sp³-hybridized carbons (Fsp3) is 0.364. The summed E-state index contributed by atoms with van der Waals surface area (Å²) >= 11 is 0. The second kappa shape index (κ2) is 4.70. The third kappa shape index (κ3) is 3.33. The van der Waals surface area contributed by atoms with Gasteiger partial charge in [0.15, 0.2) is 0 Å². The third-order valence-electron chi connectivity index (χ3n) is 1.73. The fourth-order valence-electron chi connectivity index (χ4n) is 1.08. The first-order valence-electron chi connectivity index (χ1n) is 4.31. The molecule has 0 N–H and O–H groups in total. The quantitative estimate of drug-likeness (QED) is 0.621. The Balaban J connectivity index is 2.39. The van der Waals surface area contributed by atoms with E-state index in [9.17, 15) is 0 Å². The molecule has 0 aliphatic carbocycles. The molecule has 12 heavy (non-hydrogen) atoms. The molecular weight excluding hydrogens is 146 g/mol. The maximum Gasteiger partial charge on any atom is 0.0270 e. The average Bonchev–Trinajstić information content (AvgIpc) is 2.05. The van der Waals surface area contributed by atoms with Crippen LogP contribution in [0.4, 0.5) is 0 Å². The molecule has 0 atom stereocenters. The zero-order chi connectivity index (χ0) is 8.81. The monoisotopic (exact) mass is 161 g/mol. The smallest absolute Gasteiger partial charge is 0.0270 e.